The van der Waals surface area contributed by atoms with Crippen LogP contribution in [-0.4, -0.2) is 37.1 Å². The summed E-state index contributed by atoms with van der Waals surface area (Å²) >= 11 is 0. The van der Waals surface area contributed by atoms with Crippen LogP contribution in [0.25, 0.3) is 0 Å². The summed E-state index contributed by atoms with van der Waals surface area (Å²) in [5.74, 6) is 0.547. The molecule has 0 aliphatic carbocycles. The number of benzene rings is 2. The molecule has 1 fully saturated rings. The zero-order valence-corrected chi connectivity index (χ0v) is 14.6. The Bertz CT molecular complexity index is 770. The molecule has 3 aliphatic rings. The minimum absolute atomic E-state index is 0.143. The first kappa shape index (κ1) is 15.4. The molecule has 0 saturated carbocycles. The van der Waals surface area contributed by atoms with Crippen molar-refractivity contribution in [3.05, 3.63) is 65.0 Å². The van der Waals surface area contributed by atoms with E-state index in [0.717, 1.165) is 25.4 Å². The standard InChI is InChI=1S/C22H25FN2/c23-18-8-6-16(7-9-18)3-2-12-24-13-11-21-20(15-24)19-5-1-4-17-10-14-25(21)22(17)19/h1,4-9,20-21H,2-3,10-15H2/t20-,21-/m0/s1. The number of rotatable bonds is 4. The number of aryl methyl sites for hydroxylation is 1. The van der Waals surface area contributed by atoms with Gasteiger partial charge in [0.2, 0.25) is 0 Å². The average molecular weight is 336 g/mol. The van der Waals surface area contributed by atoms with E-state index in [1.54, 1.807) is 28.9 Å². The fourth-order valence-electron chi connectivity index (χ4n) is 5.19. The molecule has 130 valence electrons. The molecule has 0 spiro atoms. The van der Waals surface area contributed by atoms with Crippen LogP contribution < -0.4 is 4.90 Å². The fraction of sp³-hybridized carbons (Fsp3) is 0.455. The Balaban J connectivity index is 1.23. The molecule has 25 heavy (non-hydrogen) atoms. The molecule has 0 N–H and O–H groups in total. The van der Waals surface area contributed by atoms with E-state index < -0.39 is 0 Å². The van der Waals surface area contributed by atoms with Gasteiger partial charge < -0.3 is 9.80 Å². The average Bonchev–Trinajstić information content (AvgIpc) is 3.20. The Hall–Kier alpha value is -1.87. The Morgan fingerprint density at radius 2 is 1.92 bits per heavy atom. The first-order valence-electron chi connectivity index (χ1n) is 9.65. The van der Waals surface area contributed by atoms with Gasteiger partial charge in [0.25, 0.3) is 0 Å². The van der Waals surface area contributed by atoms with Gasteiger partial charge in [-0.05, 0) is 61.1 Å². The Kier molecular flexibility index (Phi) is 3.78. The molecule has 2 aromatic carbocycles. The highest BCUT2D eigenvalue weighted by Crippen LogP contribution is 2.49. The van der Waals surface area contributed by atoms with E-state index in [1.807, 2.05) is 12.1 Å². The minimum atomic E-state index is -0.143. The van der Waals surface area contributed by atoms with Crippen molar-refractivity contribution in [2.45, 2.75) is 37.6 Å². The third-order valence-corrected chi connectivity index (χ3v) is 6.37. The van der Waals surface area contributed by atoms with Gasteiger partial charge in [-0.1, -0.05) is 30.3 Å². The molecule has 2 atom stereocenters. The number of nitrogens with zero attached hydrogens (tertiary/aromatic N) is 2. The highest BCUT2D eigenvalue weighted by Gasteiger charge is 2.44. The third-order valence-electron chi connectivity index (χ3n) is 6.37. The summed E-state index contributed by atoms with van der Waals surface area (Å²) < 4.78 is 13.0. The second kappa shape index (κ2) is 6.14. The Morgan fingerprint density at radius 3 is 2.80 bits per heavy atom. The van der Waals surface area contributed by atoms with Gasteiger partial charge in [-0.2, -0.15) is 0 Å². The fourth-order valence-corrected chi connectivity index (χ4v) is 5.19. The van der Waals surface area contributed by atoms with Crippen molar-refractivity contribution in [3.8, 4) is 0 Å². The lowest BCUT2D eigenvalue weighted by molar-refractivity contribution is 0.192. The highest BCUT2D eigenvalue weighted by molar-refractivity contribution is 5.70. The zero-order chi connectivity index (χ0) is 16.8. The molecule has 3 heteroatoms. The highest BCUT2D eigenvalue weighted by atomic mass is 19.1. The van der Waals surface area contributed by atoms with E-state index in [-0.39, 0.29) is 5.82 Å². The number of likely N-dealkylation sites (tertiary alicyclic amines) is 1. The molecule has 3 heterocycles. The summed E-state index contributed by atoms with van der Waals surface area (Å²) in [5, 5.41) is 0. The Labute approximate surface area is 149 Å². The van der Waals surface area contributed by atoms with Crippen LogP contribution in [0.5, 0.6) is 0 Å². The van der Waals surface area contributed by atoms with Gasteiger partial charge in [0.05, 0.1) is 0 Å². The number of hydrogen-bond donors (Lipinski definition) is 0. The van der Waals surface area contributed by atoms with Gasteiger partial charge in [-0.25, -0.2) is 4.39 Å². The lowest BCUT2D eigenvalue weighted by Gasteiger charge is -2.38. The van der Waals surface area contributed by atoms with Gasteiger partial charge in [0.15, 0.2) is 0 Å². The molecule has 3 aliphatic heterocycles. The normalized spacial score (nSPS) is 24.4. The van der Waals surface area contributed by atoms with E-state index in [4.69, 9.17) is 0 Å². The molecule has 2 aromatic rings. The van der Waals surface area contributed by atoms with Crippen LogP contribution in [0.2, 0.25) is 0 Å². The van der Waals surface area contributed by atoms with Crippen LogP contribution in [-0.2, 0) is 12.8 Å². The van der Waals surface area contributed by atoms with Crippen molar-refractivity contribution in [3.63, 3.8) is 0 Å². The molecule has 5 rings (SSSR count). The molecule has 0 unspecified atom stereocenters. The summed E-state index contributed by atoms with van der Waals surface area (Å²) in [7, 11) is 0. The third kappa shape index (κ3) is 2.65. The van der Waals surface area contributed by atoms with Crippen LogP contribution in [0.4, 0.5) is 10.1 Å². The van der Waals surface area contributed by atoms with Crippen molar-refractivity contribution < 1.29 is 4.39 Å². The molecule has 2 nitrogen and oxygen atoms in total. The van der Waals surface area contributed by atoms with E-state index in [9.17, 15) is 4.39 Å². The smallest absolute Gasteiger partial charge is 0.123 e. The number of hydrogen-bond acceptors (Lipinski definition) is 2. The number of piperidine rings is 1. The first-order valence-corrected chi connectivity index (χ1v) is 9.65. The zero-order valence-electron chi connectivity index (χ0n) is 14.6. The van der Waals surface area contributed by atoms with E-state index in [1.165, 1.54) is 38.0 Å². The maximum atomic E-state index is 13.0. The molecule has 1 saturated heterocycles. The summed E-state index contributed by atoms with van der Waals surface area (Å²) in [6.07, 6.45) is 4.71. The summed E-state index contributed by atoms with van der Waals surface area (Å²) in [6, 6.07) is 14.6. The van der Waals surface area contributed by atoms with Gasteiger partial charge >= 0.3 is 0 Å². The van der Waals surface area contributed by atoms with E-state index >= 15 is 0 Å². The van der Waals surface area contributed by atoms with Crippen LogP contribution in [0.15, 0.2) is 42.5 Å². The summed E-state index contributed by atoms with van der Waals surface area (Å²) in [4.78, 5) is 5.34. The maximum absolute atomic E-state index is 13.0. The van der Waals surface area contributed by atoms with Crippen LogP contribution >= 0.6 is 0 Å². The molecular formula is C22H25FN2. The van der Waals surface area contributed by atoms with E-state index in [2.05, 4.69) is 28.0 Å². The maximum Gasteiger partial charge on any atom is 0.123 e. The molecule has 0 amide bonds. The van der Waals surface area contributed by atoms with Crippen molar-refractivity contribution in [1.82, 2.24) is 4.90 Å². The quantitative estimate of drug-likeness (QED) is 0.833. The van der Waals surface area contributed by atoms with Crippen molar-refractivity contribution >= 4 is 5.69 Å². The Morgan fingerprint density at radius 1 is 1.04 bits per heavy atom. The second-order valence-electron chi connectivity index (χ2n) is 7.79. The minimum Gasteiger partial charge on any atom is -0.367 e. The van der Waals surface area contributed by atoms with Gasteiger partial charge in [0, 0.05) is 37.3 Å². The van der Waals surface area contributed by atoms with Crippen molar-refractivity contribution in [2.24, 2.45) is 0 Å². The lowest BCUT2D eigenvalue weighted by Crippen LogP contribution is -2.46. The predicted molar refractivity (Wildman–Crippen MR) is 99.8 cm³/mol. The number of para-hydroxylation sites is 1. The number of fused-ring (bicyclic) bond motifs is 3. The van der Waals surface area contributed by atoms with E-state index in [0.29, 0.717) is 5.92 Å². The van der Waals surface area contributed by atoms with Gasteiger partial charge in [-0.3, -0.25) is 0 Å². The molecular weight excluding hydrogens is 311 g/mol. The van der Waals surface area contributed by atoms with Crippen LogP contribution in [0.3, 0.4) is 0 Å². The van der Waals surface area contributed by atoms with Gasteiger partial charge in [0.1, 0.15) is 5.82 Å². The van der Waals surface area contributed by atoms with Crippen LogP contribution in [0, 0.1) is 5.82 Å². The number of anilines is 1. The second-order valence-corrected chi connectivity index (χ2v) is 7.79. The summed E-state index contributed by atoms with van der Waals surface area (Å²) in [5.41, 5.74) is 5.98. The molecule has 0 aromatic heterocycles. The first-order chi connectivity index (χ1) is 12.3. The molecule has 0 radical (unpaired) electrons. The lowest BCUT2D eigenvalue weighted by atomic mass is 9.87. The SMILES string of the molecule is Fc1ccc(CCCN2CC[C@H]3[C@@H](C2)c2cccc4c2N3CC4)cc1. The molecule has 0 bridgehead atoms. The topological polar surface area (TPSA) is 6.48 Å². The summed E-state index contributed by atoms with van der Waals surface area (Å²) in [6.45, 7) is 4.78. The number of halogens is 1. The van der Waals surface area contributed by atoms with Crippen molar-refractivity contribution in [2.75, 3.05) is 31.1 Å². The monoisotopic (exact) mass is 336 g/mol. The van der Waals surface area contributed by atoms with Crippen LogP contribution in [0.1, 0.15) is 35.4 Å². The van der Waals surface area contributed by atoms with Crippen molar-refractivity contribution in [1.29, 1.82) is 0 Å². The largest absolute Gasteiger partial charge is 0.367 e. The predicted octanol–water partition coefficient (Wildman–Crippen LogP) is 3.99. The van der Waals surface area contributed by atoms with Gasteiger partial charge in [-0.15, -0.1) is 0 Å².